The van der Waals surface area contributed by atoms with Crippen LogP contribution in [-0.2, 0) is 11.8 Å². The summed E-state index contributed by atoms with van der Waals surface area (Å²) < 4.78 is 26.8. The number of imidazole rings is 1. The molecule has 0 aromatic carbocycles. The van der Waals surface area contributed by atoms with E-state index in [0.717, 1.165) is 6.42 Å². The third kappa shape index (κ3) is 2.86. The standard InChI is InChI=1S/C17H19FN4O3/c1-21-7-14(20-11-21)16(23)22-9-17(10-22)12(4-6-25-17)8-24-15-13(18)3-2-5-19-15/h2-3,5,7,11-12H,4,6,8-10H2,1H3/t12-/m0/s1. The summed E-state index contributed by atoms with van der Waals surface area (Å²) in [7, 11) is 1.82. The molecule has 8 heteroatoms. The van der Waals surface area contributed by atoms with Crippen molar-refractivity contribution < 1.29 is 18.7 Å². The van der Waals surface area contributed by atoms with Crippen molar-refractivity contribution in [3.05, 3.63) is 42.4 Å². The molecule has 7 nitrogen and oxygen atoms in total. The average molecular weight is 346 g/mol. The molecule has 0 saturated carbocycles. The van der Waals surface area contributed by atoms with Crippen LogP contribution in [0.5, 0.6) is 5.88 Å². The van der Waals surface area contributed by atoms with Crippen molar-refractivity contribution in [2.24, 2.45) is 13.0 Å². The Hall–Kier alpha value is -2.48. The Morgan fingerprint density at radius 3 is 3.04 bits per heavy atom. The number of pyridine rings is 1. The van der Waals surface area contributed by atoms with Crippen molar-refractivity contribution in [1.29, 1.82) is 0 Å². The van der Waals surface area contributed by atoms with Crippen LogP contribution in [0.4, 0.5) is 4.39 Å². The molecule has 132 valence electrons. The first-order valence-corrected chi connectivity index (χ1v) is 8.22. The predicted molar refractivity (Wildman–Crippen MR) is 85.6 cm³/mol. The van der Waals surface area contributed by atoms with Gasteiger partial charge in [0.05, 0.1) is 26.0 Å². The molecule has 2 aliphatic rings. The normalized spacial score (nSPS) is 21.4. The zero-order valence-electron chi connectivity index (χ0n) is 13.9. The number of aromatic nitrogens is 3. The molecule has 4 heterocycles. The Morgan fingerprint density at radius 2 is 2.32 bits per heavy atom. The van der Waals surface area contributed by atoms with Gasteiger partial charge < -0.3 is 18.9 Å². The molecule has 0 unspecified atom stereocenters. The van der Waals surface area contributed by atoms with Gasteiger partial charge in [-0.25, -0.2) is 14.4 Å². The van der Waals surface area contributed by atoms with Crippen LogP contribution in [0.2, 0.25) is 0 Å². The van der Waals surface area contributed by atoms with E-state index in [1.54, 1.807) is 22.0 Å². The first kappa shape index (κ1) is 16.0. The number of rotatable bonds is 4. The summed E-state index contributed by atoms with van der Waals surface area (Å²) in [6.07, 6.45) is 5.62. The molecule has 2 aromatic rings. The number of carbonyl (C=O) groups is 1. The number of likely N-dealkylation sites (tertiary alicyclic amines) is 1. The van der Waals surface area contributed by atoms with E-state index in [-0.39, 0.29) is 17.7 Å². The van der Waals surface area contributed by atoms with Gasteiger partial charge in [-0.3, -0.25) is 4.79 Å². The fourth-order valence-electron chi connectivity index (χ4n) is 3.46. The predicted octanol–water partition coefficient (Wildman–Crippen LogP) is 1.26. The van der Waals surface area contributed by atoms with Gasteiger partial charge in [-0.1, -0.05) is 0 Å². The van der Waals surface area contributed by atoms with Crippen LogP contribution in [0.3, 0.4) is 0 Å². The van der Waals surface area contributed by atoms with E-state index in [0.29, 0.717) is 32.0 Å². The zero-order valence-corrected chi connectivity index (χ0v) is 13.9. The summed E-state index contributed by atoms with van der Waals surface area (Å²) in [4.78, 5) is 22.1. The van der Waals surface area contributed by atoms with E-state index < -0.39 is 11.4 Å². The largest absolute Gasteiger partial charge is 0.475 e. The second-order valence-corrected chi connectivity index (χ2v) is 6.59. The van der Waals surface area contributed by atoms with Crippen molar-refractivity contribution in [1.82, 2.24) is 19.4 Å². The lowest BCUT2D eigenvalue weighted by Gasteiger charge is -2.49. The van der Waals surface area contributed by atoms with Crippen molar-refractivity contribution >= 4 is 5.91 Å². The summed E-state index contributed by atoms with van der Waals surface area (Å²) in [6, 6.07) is 2.84. The van der Waals surface area contributed by atoms with Gasteiger partial charge >= 0.3 is 0 Å². The van der Waals surface area contributed by atoms with Crippen molar-refractivity contribution in [3.63, 3.8) is 0 Å². The number of halogens is 1. The van der Waals surface area contributed by atoms with Gasteiger partial charge in [0.15, 0.2) is 5.82 Å². The van der Waals surface area contributed by atoms with Crippen LogP contribution in [0.1, 0.15) is 16.9 Å². The number of nitrogens with zero attached hydrogens (tertiary/aromatic N) is 4. The maximum atomic E-state index is 13.6. The van der Waals surface area contributed by atoms with E-state index >= 15 is 0 Å². The van der Waals surface area contributed by atoms with E-state index in [4.69, 9.17) is 9.47 Å². The Labute approximate surface area is 144 Å². The average Bonchev–Trinajstić information content (AvgIpc) is 3.18. The number of carbonyl (C=O) groups excluding carboxylic acids is 1. The zero-order chi connectivity index (χ0) is 17.4. The molecular weight excluding hydrogens is 327 g/mol. The summed E-state index contributed by atoms with van der Waals surface area (Å²) in [5.41, 5.74) is 0.0223. The SMILES string of the molecule is Cn1cnc(C(=O)N2CC3(C2)OCC[C@H]3COc2ncccc2F)c1. The number of amides is 1. The minimum absolute atomic E-state index is 0.00490. The summed E-state index contributed by atoms with van der Waals surface area (Å²) in [5, 5.41) is 0. The van der Waals surface area contributed by atoms with Crippen molar-refractivity contribution in [2.45, 2.75) is 12.0 Å². The van der Waals surface area contributed by atoms with E-state index in [1.807, 2.05) is 7.05 Å². The van der Waals surface area contributed by atoms with E-state index in [9.17, 15) is 9.18 Å². The lowest BCUT2D eigenvalue weighted by Crippen LogP contribution is -2.66. The highest BCUT2D eigenvalue weighted by molar-refractivity contribution is 5.92. The fourth-order valence-corrected chi connectivity index (χ4v) is 3.46. The maximum absolute atomic E-state index is 13.6. The Balaban J connectivity index is 1.38. The Morgan fingerprint density at radius 1 is 1.48 bits per heavy atom. The number of hydrogen-bond acceptors (Lipinski definition) is 5. The molecule has 1 spiro atoms. The monoisotopic (exact) mass is 346 g/mol. The maximum Gasteiger partial charge on any atom is 0.274 e. The fraction of sp³-hybridized carbons (Fsp3) is 0.471. The van der Waals surface area contributed by atoms with Crippen LogP contribution in [0.15, 0.2) is 30.9 Å². The molecule has 0 radical (unpaired) electrons. The number of ether oxygens (including phenoxy) is 2. The molecule has 0 bridgehead atoms. The quantitative estimate of drug-likeness (QED) is 0.834. The van der Waals surface area contributed by atoms with Gasteiger partial charge in [0.1, 0.15) is 11.3 Å². The second kappa shape index (κ2) is 6.11. The van der Waals surface area contributed by atoms with Crippen LogP contribution in [0, 0.1) is 11.7 Å². The molecule has 1 atom stereocenters. The minimum atomic E-state index is -0.476. The minimum Gasteiger partial charge on any atom is -0.475 e. The van der Waals surface area contributed by atoms with Gasteiger partial charge in [0, 0.05) is 32.0 Å². The van der Waals surface area contributed by atoms with E-state index in [1.165, 1.54) is 18.3 Å². The number of aryl methyl sites for hydroxylation is 1. The third-order valence-corrected chi connectivity index (χ3v) is 4.87. The lowest BCUT2D eigenvalue weighted by atomic mass is 9.81. The highest BCUT2D eigenvalue weighted by Crippen LogP contribution is 2.40. The number of hydrogen-bond donors (Lipinski definition) is 0. The molecule has 2 fully saturated rings. The molecule has 0 aliphatic carbocycles. The van der Waals surface area contributed by atoms with E-state index in [2.05, 4.69) is 9.97 Å². The molecule has 1 amide bonds. The molecule has 25 heavy (non-hydrogen) atoms. The molecule has 2 aromatic heterocycles. The third-order valence-electron chi connectivity index (χ3n) is 4.87. The second-order valence-electron chi connectivity index (χ2n) is 6.59. The Bertz CT molecular complexity index is 788. The molecular formula is C17H19FN4O3. The molecule has 2 saturated heterocycles. The van der Waals surface area contributed by atoms with Gasteiger partial charge in [-0.05, 0) is 18.6 Å². The topological polar surface area (TPSA) is 69.5 Å². The van der Waals surface area contributed by atoms with Gasteiger partial charge in [-0.2, -0.15) is 0 Å². The highest BCUT2D eigenvalue weighted by atomic mass is 19.1. The first-order chi connectivity index (χ1) is 12.1. The van der Waals surface area contributed by atoms with Crippen LogP contribution >= 0.6 is 0 Å². The van der Waals surface area contributed by atoms with Crippen LogP contribution < -0.4 is 4.74 Å². The van der Waals surface area contributed by atoms with Crippen molar-refractivity contribution in [3.8, 4) is 5.88 Å². The summed E-state index contributed by atoms with van der Waals surface area (Å²) >= 11 is 0. The summed E-state index contributed by atoms with van der Waals surface area (Å²) in [6.45, 7) is 1.94. The van der Waals surface area contributed by atoms with Gasteiger partial charge in [0.25, 0.3) is 5.91 Å². The highest BCUT2D eigenvalue weighted by Gasteiger charge is 2.55. The summed E-state index contributed by atoms with van der Waals surface area (Å²) in [5.74, 6) is -0.472. The van der Waals surface area contributed by atoms with Crippen LogP contribution in [-0.4, -0.2) is 57.2 Å². The molecule has 0 N–H and O–H groups in total. The van der Waals surface area contributed by atoms with Gasteiger partial charge in [-0.15, -0.1) is 0 Å². The smallest absolute Gasteiger partial charge is 0.274 e. The van der Waals surface area contributed by atoms with Gasteiger partial charge in [0.2, 0.25) is 5.88 Å². The molecule has 4 rings (SSSR count). The Kier molecular flexibility index (Phi) is 3.91. The lowest BCUT2D eigenvalue weighted by molar-refractivity contribution is -0.122. The first-order valence-electron chi connectivity index (χ1n) is 8.22. The molecule has 2 aliphatic heterocycles. The van der Waals surface area contributed by atoms with Crippen LogP contribution in [0.25, 0.3) is 0 Å². The van der Waals surface area contributed by atoms with Crippen molar-refractivity contribution in [2.75, 3.05) is 26.3 Å².